The van der Waals surface area contributed by atoms with Crippen molar-refractivity contribution in [2.24, 2.45) is 46.3 Å². The largest absolute Gasteiger partial charge is 0.458 e. The molecule has 1 aromatic carbocycles. The number of fused-ring (bicyclic) bond motifs is 5. The van der Waals surface area contributed by atoms with E-state index in [1.54, 1.807) is 29.8 Å². The maximum atomic E-state index is 12.9. The average molecular weight is 549 g/mol. The minimum Gasteiger partial charge on any atom is -0.458 e. The zero-order valence-corrected chi connectivity index (χ0v) is 25.8. The van der Waals surface area contributed by atoms with Crippen molar-refractivity contribution in [2.45, 2.75) is 118 Å². The van der Waals surface area contributed by atoms with Gasteiger partial charge in [0.2, 0.25) is 0 Å². The Kier molecular flexibility index (Phi) is 8.56. The molecule has 1 aromatic rings. The van der Waals surface area contributed by atoms with Crippen LogP contribution in [0.2, 0.25) is 0 Å². The zero-order chi connectivity index (χ0) is 28.7. The number of hydrogen-bond acceptors (Lipinski definition) is 4. The van der Waals surface area contributed by atoms with E-state index in [4.69, 9.17) is 9.47 Å². The van der Waals surface area contributed by atoms with Gasteiger partial charge < -0.3 is 9.47 Å². The average Bonchev–Trinajstić information content (AvgIpc) is 3.26. The highest BCUT2D eigenvalue weighted by molar-refractivity contribution is 5.89. The molecule has 4 nitrogen and oxygen atoms in total. The van der Waals surface area contributed by atoms with Crippen molar-refractivity contribution >= 4 is 11.9 Å². The third-order valence-electron chi connectivity index (χ3n) is 11.9. The smallest absolute Gasteiger partial charge is 0.338 e. The fourth-order valence-corrected chi connectivity index (χ4v) is 9.80. The Hall–Kier alpha value is -2.10. The molecule has 40 heavy (non-hydrogen) atoms. The van der Waals surface area contributed by atoms with Crippen molar-refractivity contribution in [1.29, 1.82) is 0 Å². The van der Waals surface area contributed by atoms with E-state index in [-0.39, 0.29) is 23.5 Å². The molecule has 4 heteroatoms. The lowest BCUT2D eigenvalue weighted by Gasteiger charge is -2.58. The molecule has 0 amide bonds. The maximum Gasteiger partial charge on any atom is 0.338 e. The van der Waals surface area contributed by atoms with Crippen LogP contribution in [0.15, 0.2) is 35.9 Å². The molecule has 3 fully saturated rings. The van der Waals surface area contributed by atoms with E-state index in [9.17, 15) is 9.59 Å². The summed E-state index contributed by atoms with van der Waals surface area (Å²) < 4.78 is 11.1. The molecule has 0 N–H and O–H groups in total. The van der Waals surface area contributed by atoms with E-state index in [0.29, 0.717) is 16.7 Å². The molecule has 8 atom stereocenters. The van der Waals surface area contributed by atoms with Gasteiger partial charge in [0.15, 0.2) is 0 Å². The number of hydrogen-bond donors (Lipinski definition) is 0. The predicted octanol–water partition coefficient (Wildman–Crippen LogP) is 9.18. The molecule has 4 aliphatic carbocycles. The first kappa shape index (κ1) is 29.4. The van der Waals surface area contributed by atoms with Crippen LogP contribution in [0.4, 0.5) is 0 Å². The summed E-state index contributed by atoms with van der Waals surface area (Å²) in [4.78, 5) is 24.1. The number of rotatable bonds is 8. The third kappa shape index (κ3) is 5.66. The van der Waals surface area contributed by atoms with Gasteiger partial charge in [-0.1, -0.05) is 65.5 Å². The normalized spacial score (nSPS) is 35.7. The van der Waals surface area contributed by atoms with Crippen LogP contribution in [0, 0.1) is 46.3 Å². The Morgan fingerprint density at radius 3 is 2.40 bits per heavy atom. The summed E-state index contributed by atoms with van der Waals surface area (Å²) in [5, 5.41) is 0. The van der Waals surface area contributed by atoms with Gasteiger partial charge in [-0.05, 0) is 116 Å². The quantitative estimate of drug-likeness (QED) is 0.185. The van der Waals surface area contributed by atoms with Crippen LogP contribution in [-0.2, 0) is 9.53 Å². The molecule has 5 rings (SSSR count). The van der Waals surface area contributed by atoms with Crippen LogP contribution < -0.4 is 4.74 Å². The molecule has 0 saturated heterocycles. The van der Waals surface area contributed by atoms with Crippen LogP contribution in [-0.4, -0.2) is 18.0 Å². The molecule has 0 spiro atoms. The molecule has 0 radical (unpaired) electrons. The van der Waals surface area contributed by atoms with Gasteiger partial charge in [0.1, 0.15) is 11.9 Å². The number of esters is 2. The Morgan fingerprint density at radius 2 is 1.70 bits per heavy atom. The highest BCUT2D eigenvalue weighted by Crippen LogP contribution is 2.67. The van der Waals surface area contributed by atoms with Crippen molar-refractivity contribution < 1.29 is 19.1 Å². The fourth-order valence-electron chi connectivity index (χ4n) is 9.80. The summed E-state index contributed by atoms with van der Waals surface area (Å²) >= 11 is 0. The van der Waals surface area contributed by atoms with E-state index in [1.807, 2.05) is 0 Å². The number of benzene rings is 1. The van der Waals surface area contributed by atoms with E-state index in [0.717, 1.165) is 54.8 Å². The number of allylic oxidation sites excluding steroid dienone is 1. The first-order chi connectivity index (χ1) is 19.0. The van der Waals surface area contributed by atoms with Crippen molar-refractivity contribution in [3.05, 3.63) is 41.5 Å². The molecule has 220 valence electrons. The van der Waals surface area contributed by atoms with E-state index in [1.165, 1.54) is 58.3 Å². The van der Waals surface area contributed by atoms with Crippen LogP contribution in [0.5, 0.6) is 5.75 Å². The van der Waals surface area contributed by atoms with Gasteiger partial charge in [-0.15, -0.1) is 0 Å². The van der Waals surface area contributed by atoms with Gasteiger partial charge >= 0.3 is 11.9 Å². The molecule has 0 unspecified atom stereocenters. The minimum absolute atomic E-state index is 0.0621. The lowest BCUT2D eigenvalue weighted by atomic mass is 9.47. The molecular formula is C36H52O4. The second kappa shape index (κ2) is 11.6. The molecule has 0 heterocycles. The standard InChI is InChI=1S/C36H52O4/c1-23(2)8-7-9-24(3)31-16-17-32-30-15-12-27-22-29(18-20-35(27,5)33(30)19-21-36(31,32)6)40-34(38)26-10-13-28(14-11-26)39-25(4)37/h10-14,23-24,29-33H,7-9,15-22H2,1-6H3/t24-,29+,30+,31-,32+,33+,35+,36-/m1/s1. The SMILES string of the molecule is CC(=O)Oc1ccc(C(=O)O[C@H]2CC[C@@]3(C)C(=CC[C@H]4[C@@H]5CC[C@H]([C@H](C)CCCC(C)C)[C@@]5(C)CC[C@@H]43)C2)cc1. The topological polar surface area (TPSA) is 52.6 Å². The maximum absolute atomic E-state index is 12.9. The number of ether oxygens (including phenoxy) is 2. The van der Waals surface area contributed by atoms with Crippen molar-refractivity contribution in [3.8, 4) is 5.75 Å². The molecule has 0 aliphatic heterocycles. The molecular weight excluding hydrogens is 496 g/mol. The Balaban J connectivity index is 1.22. The molecule has 0 bridgehead atoms. The highest BCUT2D eigenvalue weighted by atomic mass is 16.5. The summed E-state index contributed by atoms with van der Waals surface area (Å²) in [7, 11) is 0. The molecule has 3 saturated carbocycles. The summed E-state index contributed by atoms with van der Waals surface area (Å²) in [5.41, 5.74) is 2.81. The Labute approximate surface area is 242 Å². The van der Waals surface area contributed by atoms with Crippen LogP contribution in [0.1, 0.15) is 123 Å². The molecule has 4 aliphatic rings. The zero-order valence-electron chi connectivity index (χ0n) is 25.8. The van der Waals surface area contributed by atoms with Gasteiger partial charge in [0.05, 0.1) is 5.56 Å². The van der Waals surface area contributed by atoms with Crippen LogP contribution >= 0.6 is 0 Å². The highest BCUT2D eigenvalue weighted by Gasteiger charge is 2.59. The fraction of sp³-hybridized carbons (Fsp3) is 0.722. The van der Waals surface area contributed by atoms with Gasteiger partial charge in [-0.25, -0.2) is 4.79 Å². The van der Waals surface area contributed by atoms with Gasteiger partial charge in [-0.3, -0.25) is 4.79 Å². The summed E-state index contributed by atoms with van der Waals surface area (Å²) in [5.74, 6) is 4.79. The van der Waals surface area contributed by atoms with E-state index < -0.39 is 0 Å². The summed E-state index contributed by atoms with van der Waals surface area (Å²) in [6.45, 7) is 13.8. The summed E-state index contributed by atoms with van der Waals surface area (Å²) in [6, 6.07) is 6.65. The Bertz CT molecular complexity index is 1100. The lowest BCUT2D eigenvalue weighted by molar-refractivity contribution is -0.131. The van der Waals surface area contributed by atoms with Crippen molar-refractivity contribution in [1.82, 2.24) is 0 Å². The summed E-state index contributed by atoms with van der Waals surface area (Å²) in [6.07, 6.45) is 16.4. The van der Waals surface area contributed by atoms with Crippen molar-refractivity contribution in [2.75, 3.05) is 0 Å². The first-order valence-corrected chi connectivity index (χ1v) is 16.2. The number of carbonyl (C=O) groups is 2. The van der Waals surface area contributed by atoms with E-state index >= 15 is 0 Å². The van der Waals surface area contributed by atoms with Crippen LogP contribution in [0.3, 0.4) is 0 Å². The number of carbonyl (C=O) groups excluding carboxylic acids is 2. The van der Waals surface area contributed by atoms with E-state index in [2.05, 4.69) is 40.7 Å². The lowest BCUT2D eigenvalue weighted by Crippen LogP contribution is -2.51. The third-order valence-corrected chi connectivity index (χ3v) is 11.9. The second-order valence-corrected chi connectivity index (χ2v) is 14.7. The van der Waals surface area contributed by atoms with Gasteiger partial charge in [0.25, 0.3) is 0 Å². The van der Waals surface area contributed by atoms with Crippen molar-refractivity contribution in [3.63, 3.8) is 0 Å². The minimum atomic E-state index is -0.370. The molecule has 0 aromatic heterocycles. The monoisotopic (exact) mass is 548 g/mol. The van der Waals surface area contributed by atoms with Crippen LogP contribution in [0.25, 0.3) is 0 Å². The van der Waals surface area contributed by atoms with Gasteiger partial charge in [0, 0.05) is 13.3 Å². The first-order valence-electron chi connectivity index (χ1n) is 16.2. The Morgan fingerprint density at radius 1 is 0.950 bits per heavy atom. The second-order valence-electron chi connectivity index (χ2n) is 14.7. The van der Waals surface area contributed by atoms with Gasteiger partial charge in [-0.2, -0.15) is 0 Å². The predicted molar refractivity (Wildman–Crippen MR) is 160 cm³/mol.